The molecule has 1 aromatic heterocycles. The highest BCUT2D eigenvalue weighted by atomic mass is 35.5. The van der Waals surface area contributed by atoms with Gasteiger partial charge in [-0.15, -0.1) is 0 Å². The van der Waals surface area contributed by atoms with Crippen molar-refractivity contribution in [2.75, 3.05) is 13.7 Å². The van der Waals surface area contributed by atoms with Crippen LogP contribution in [-0.2, 0) is 6.54 Å². The first kappa shape index (κ1) is 18.5. The Morgan fingerprint density at radius 3 is 2.58 bits per heavy atom. The molecule has 6 nitrogen and oxygen atoms in total. The van der Waals surface area contributed by atoms with Crippen LogP contribution in [0.5, 0.6) is 11.5 Å². The number of fused-ring (bicyclic) bond motifs is 1. The number of hydrogen-bond donors (Lipinski definition) is 1. The average Bonchev–Trinajstić information content (AvgIpc) is 2.63. The van der Waals surface area contributed by atoms with Crippen molar-refractivity contribution in [2.45, 2.75) is 12.6 Å². The second kappa shape index (κ2) is 7.95. The third-order valence-corrected chi connectivity index (χ3v) is 4.26. The van der Waals surface area contributed by atoms with Crippen molar-refractivity contribution in [3.8, 4) is 11.5 Å². The first-order valence-corrected chi connectivity index (χ1v) is 8.52. The molecule has 0 fully saturated rings. The maximum absolute atomic E-state index is 12.6. The second-order valence-electron chi connectivity index (χ2n) is 5.63. The highest BCUT2D eigenvalue weighted by Gasteiger charge is 2.12. The maximum Gasteiger partial charge on any atom is 0.261 e. The molecule has 0 saturated heterocycles. The van der Waals surface area contributed by atoms with Gasteiger partial charge < -0.3 is 14.6 Å². The Hall–Kier alpha value is -2.28. The van der Waals surface area contributed by atoms with Crippen LogP contribution in [0.1, 0.15) is 0 Å². The summed E-state index contributed by atoms with van der Waals surface area (Å²) >= 11 is 12.0. The zero-order chi connectivity index (χ0) is 18.7. The van der Waals surface area contributed by atoms with Gasteiger partial charge >= 0.3 is 0 Å². The van der Waals surface area contributed by atoms with E-state index in [4.69, 9.17) is 32.7 Å². The Kier molecular flexibility index (Phi) is 5.66. The van der Waals surface area contributed by atoms with E-state index in [0.29, 0.717) is 32.4 Å². The Morgan fingerprint density at radius 1 is 1.19 bits per heavy atom. The second-order valence-corrected chi connectivity index (χ2v) is 6.47. The van der Waals surface area contributed by atoms with Crippen molar-refractivity contribution in [1.82, 2.24) is 9.55 Å². The molecular formula is C18H16Cl2N2O4. The molecule has 3 aromatic rings. The Balaban J connectivity index is 1.71. The SMILES string of the molecule is COc1ccc(OCC(O)Cn2cnc3c(Cl)cc(Cl)cc3c2=O)cc1. The molecule has 0 aliphatic rings. The Morgan fingerprint density at radius 2 is 1.88 bits per heavy atom. The third-order valence-electron chi connectivity index (χ3n) is 3.75. The lowest BCUT2D eigenvalue weighted by Crippen LogP contribution is -2.30. The van der Waals surface area contributed by atoms with E-state index < -0.39 is 6.10 Å². The van der Waals surface area contributed by atoms with Crippen LogP contribution < -0.4 is 15.0 Å². The number of methoxy groups -OCH3 is 1. The third kappa shape index (κ3) is 4.09. The van der Waals surface area contributed by atoms with Crippen molar-refractivity contribution < 1.29 is 14.6 Å². The fourth-order valence-electron chi connectivity index (χ4n) is 2.47. The summed E-state index contributed by atoms with van der Waals surface area (Å²) in [5, 5.41) is 11.1. The van der Waals surface area contributed by atoms with Crippen LogP contribution in [0.15, 0.2) is 47.5 Å². The fraction of sp³-hybridized carbons (Fsp3) is 0.222. The summed E-state index contributed by atoms with van der Waals surface area (Å²) < 4.78 is 11.9. The van der Waals surface area contributed by atoms with Crippen LogP contribution in [0.2, 0.25) is 10.0 Å². The van der Waals surface area contributed by atoms with E-state index >= 15 is 0 Å². The molecule has 0 amide bonds. The summed E-state index contributed by atoms with van der Waals surface area (Å²) in [6.07, 6.45) is 0.449. The zero-order valence-corrected chi connectivity index (χ0v) is 15.4. The van der Waals surface area contributed by atoms with Gasteiger partial charge in [-0.1, -0.05) is 23.2 Å². The largest absolute Gasteiger partial charge is 0.497 e. The molecule has 0 saturated carbocycles. The molecule has 0 spiro atoms. The number of aromatic nitrogens is 2. The topological polar surface area (TPSA) is 73.6 Å². The van der Waals surface area contributed by atoms with Gasteiger partial charge in [0.2, 0.25) is 0 Å². The quantitative estimate of drug-likeness (QED) is 0.694. The molecule has 136 valence electrons. The van der Waals surface area contributed by atoms with Gasteiger partial charge in [-0.2, -0.15) is 0 Å². The van der Waals surface area contributed by atoms with Gasteiger partial charge in [0.15, 0.2) is 0 Å². The molecular weight excluding hydrogens is 379 g/mol. The minimum absolute atomic E-state index is 0.0209. The monoisotopic (exact) mass is 394 g/mol. The number of ether oxygens (including phenoxy) is 2. The fourth-order valence-corrected chi connectivity index (χ4v) is 3.01. The van der Waals surface area contributed by atoms with Crippen molar-refractivity contribution in [1.29, 1.82) is 0 Å². The molecule has 0 radical (unpaired) electrons. The average molecular weight is 395 g/mol. The van der Waals surface area contributed by atoms with Gasteiger partial charge in [-0.05, 0) is 36.4 Å². The lowest BCUT2D eigenvalue weighted by atomic mass is 10.2. The summed E-state index contributed by atoms with van der Waals surface area (Å²) in [6, 6.07) is 10.0. The highest BCUT2D eigenvalue weighted by Crippen LogP contribution is 2.24. The van der Waals surface area contributed by atoms with Gasteiger partial charge in [-0.25, -0.2) is 4.98 Å². The van der Waals surface area contributed by atoms with E-state index in [1.807, 2.05) is 0 Å². The molecule has 26 heavy (non-hydrogen) atoms. The predicted molar refractivity (Wildman–Crippen MR) is 101 cm³/mol. The summed E-state index contributed by atoms with van der Waals surface area (Å²) in [7, 11) is 1.58. The van der Waals surface area contributed by atoms with Crippen LogP contribution in [0.25, 0.3) is 10.9 Å². The maximum atomic E-state index is 12.6. The number of rotatable bonds is 6. The molecule has 2 aromatic carbocycles. The van der Waals surface area contributed by atoms with Gasteiger partial charge in [0, 0.05) is 5.02 Å². The van der Waals surface area contributed by atoms with E-state index in [2.05, 4.69) is 4.98 Å². The normalized spacial score (nSPS) is 12.2. The summed E-state index contributed by atoms with van der Waals surface area (Å²) in [5.74, 6) is 1.30. The summed E-state index contributed by atoms with van der Waals surface area (Å²) in [6.45, 7) is 0.0508. The van der Waals surface area contributed by atoms with Crippen LogP contribution in [0.3, 0.4) is 0 Å². The van der Waals surface area contributed by atoms with Crippen LogP contribution in [0, 0.1) is 0 Å². The van der Waals surface area contributed by atoms with Crippen LogP contribution in [0.4, 0.5) is 0 Å². The number of nitrogens with zero attached hydrogens (tertiary/aromatic N) is 2. The lowest BCUT2D eigenvalue weighted by Gasteiger charge is -2.14. The van der Waals surface area contributed by atoms with Crippen molar-refractivity contribution in [3.05, 3.63) is 63.1 Å². The molecule has 0 aliphatic heterocycles. The van der Waals surface area contributed by atoms with Crippen molar-refractivity contribution in [3.63, 3.8) is 0 Å². The van der Waals surface area contributed by atoms with Crippen LogP contribution >= 0.6 is 23.2 Å². The number of aliphatic hydroxyl groups excluding tert-OH is 1. The van der Waals surface area contributed by atoms with E-state index in [9.17, 15) is 9.90 Å². The minimum Gasteiger partial charge on any atom is -0.497 e. The number of hydrogen-bond acceptors (Lipinski definition) is 5. The first-order chi connectivity index (χ1) is 12.5. The van der Waals surface area contributed by atoms with E-state index in [0.717, 1.165) is 0 Å². The highest BCUT2D eigenvalue weighted by molar-refractivity contribution is 6.38. The Bertz CT molecular complexity index is 973. The van der Waals surface area contributed by atoms with E-state index in [1.165, 1.54) is 23.0 Å². The predicted octanol–water partition coefficient (Wildman–Crippen LogP) is 3.15. The van der Waals surface area contributed by atoms with Crippen molar-refractivity contribution >= 4 is 34.1 Å². The Labute approximate surface area is 159 Å². The standard InChI is InChI=1S/C18H16Cl2N2O4/c1-25-13-2-4-14(5-3-13)26-9-12(23)8-22-10-21-17-15(18(22)24)6-11(19)7-16(17)20/h2-7,10,12,23H,8-9H2,1H3. The molecule has 0 aliphatic carbocycles. The van der Waals surface area contributed by atoms with Gasteiger partial charge in [-0.3, -0.25) is 9.36 Å². The first-order valence-electron chi connectivity index (χ1n) is 7.77. The van der Waals surface area contributed by atoms with E-state index in [1.54, 1.807) is 31.4 Å². The lowest BCUT2D eigenvalue weighted by molar-refractivity contribution is 0.0914. The number of aliphatic hydroxyl groups is 1. The molecule has 1 N–H and O–H groups in total. The van der Waals surface area contributed by atoms with Gasteiger partial charge in [0.05, 0.1) is 35.9 Å². The number of halogens is 2. The van der Waals surface area contributed by atoms with Gasteiger partial charge in [0.25, 0.3) is 5.56 Å². The van der Waals surface area contributed by atoms with Crippen LogP contribution in [-0.4, -0.2) is 34.5 Å². The molecule has 1 heterocycles. The molecule has 8 heteroatoms. The molecule has 1 unspecified atom stereocenters. The summed E-state index contributed by atoms with van der Waals surface area (Å²) in [5.41, 5.74) is 0.0455. The smallest absolute Gasteiger partial charge is 0.261 e. The number of benzene rings is 2. The van der Waals surface area contributed by atoms with Gasteiger partial charge in [0.1, 0.15) is 24.2 Å². The molecule has 0 bridgehead atoms. The zero-order valence-electron chi connectivity index (χ0n) is 13.9. The summed E-state index contributed by atoms with van der Waals surface area (Å²) in [4.78, 5) is 16.7. The molecule has 3 rings (SSSR count). The van der Waals surface area contributed by atoms with Crippen molar-refractivity contribution in [2.24, 2.45) is 0 Å². The minimum atomic E-state index is -0.899. The molecule has 1 atom stereocenters. The van der Waals surface area contributed by atoms with E-state index in [-0.39, 0.29) is 18.7 Å².